The first-order valence-corrected chi connectivity index (χ1v) is 10.6. The highest BCUT2D eigenvalue weighted by atomic mass is 16.5. The van der Waals surface area contributed by atoms with Gasteiger partial charge in [0.25, 0.3) is 11.8 Å². The molecular formula is C23H21N7O3. The molecule has 1 atom stereocenters. The number of hydrogen-bond acceptors (Lipinski definition) is 7. The van der Waals surface area contributed by atoms with Crippen LogP contribution < -0.4 is 5.32 Å². The summed E-state index contributed by atoms with van der Waals surface area (Å²) in [5.41, 5.74) is 2.21. The summed E-state index contributed by atoms with van der Waals surface area (Å²) in [5.74, 6) is -0.108. The maximum atomic E-state index is 13.2. The summed E-state index contributed by atoms with van der Waals surface area (Å²) >= 11 is 0. The Bertz CT molecular complexity index is 1280. The summed E-state index contributed by atoms with van der Waals surface area (Å²) in [7, 11) is 0. The maximum absolute atomic E-state index is 13.2. The standard InChI is InChI=1S/C23H21N7O3/c1-15(16-8-4-2-5-9-16)24-18(31)14-29-12-13-30-20(23(29)32)19(26-28-30)22-25-21(27-33-22)17-10-6-3-7-11-17/h2-11,15H,12-14H2,1H3,(H,24,31)/t15-/m0/s1. The minimum atomic E-state index is -0.358. The first-order valence-electron chi connectivity index (χ1n) is 10.6. The van der Waals surface area contributed by atoms with Crippen LogP contribution in [-0.4, -0.2) is 54.9 Å². The summed E-state index contributed by atoms with van der Waals surface area (Å²) in [6.07, 6.45) is 0. The number of benzene rings is 2. The number of rotatable bonds is 6. The quantitative estimate of drug-likeness (QED) is 0.486. The number of carbonyl (C=O) groups is 2. The second-order valence-corrected chi connectivity index (χ2v) is 7.73. The summed E-state index contributed by atoms with van der Waals surface area (Å²) in [6.45, 7) is 2.60. The summed E-state index contributed by atoms with van der Waals surface area (Å²) in [6, 6.07) is 18.8. The first-order chi connectivity index (χ1) is 16.1. The second kappa shape index (κ2) is 8.65. The topological polar surface area (TPSA) is 119 Å². The monoisotopic (exact) mass is 443 g/mol. The molecule has 0 saturated carbocycles. The first kappa shape index (κ1) is 20.6. The predicted octanol–water partition coefficient (Wildman–Crippen LogP) is 2.33. The lowest BCUT2D eigenvalue weighted by Gasteiger charge is -2.27. The molecule has 33 heavy (non-hydrogen) atoms. The Balaban J connectivity index is 1.32. The van der Waals surface area contributed by atoms with Gasteiger partial charge < -0.3 is 14.7 Å². The molecule has 0 unspecified atom stereocenters. The van der Waals surface area contributed by atoms with Crippen molar-refractivity contribution < 1.29 is 14.1 Å². The Morgan fingerprint density at radius 3 is 2.58 bits per heavy atom. The molecule has 2 aromatic heterocycles. The van der Waals surface area contributed by atoms with Crippen LogP contribution in [0.1, 0.15) is 29.0 Å². The minimum Gasteiger partial charge on any atom is -0.348 e. The van der Waals surface area contributed by atoms with Crippen molar-refractivity contribution in [1.29, 1.82) is 0 Å². The molecule has 0 saturated heterocycles. The van der Waals surface area contributed by atoms with Crippen LogP contribution in [0.2, 0.25) is 0 Å². The summed E-state index contributed by atoms with van der Waals surface area (Å²) in [4.78, 5) is 31.7. The van der Waals surface area contributed by atoms with Crippen molar-refractivity contribution in [3.63, 3.8) is 0 Å². The Morgan fingerprint density at radius 1 is 1.09 bits per heavy atom. The van der Waals surface area contributed by atoms with Gasteiger partial charge in [0.05, 0.1) is 19.1 Å². The summed E-state index contributed by atoms with van der Waals surface area (Å²) < 4.78 is 6.87. The van der Waals surface area contributed by atoms with E-state index in [1.54, 1.807) is 0 Å². The third-order valence-corrected chi connectivity index (χ3v) is 5.48. The van der Waals surface area contributed by atoms with Crippen LogP contribution in [0.25, 0.3) is 23.0 Å². The fourth-order valence-electron chi connectivity index (χ4n) is 3.75. The number of amides is 2. The SMILES string of the molecule is C[C@H](NC(=O)CN1CCn2nnc(-c3nc(-c4ccccc4)no3)c2C1=O)c1ccccc1. The van der Waals surface area contributed by atoms with Gasteiger partial charge in [0, 0.05) is 12.1 Å². The van der Waals surface area contributed by atoms with Gasteiger partial charge in [-0.3, -0.25) is 9.59 Å². The highest BCUT2D eigenvalue weighted by Crippen LogP contribution is 2.26. The average molecular weight is 443 g/mol. The average Bonchev–Trinajstić information content (AvgIpc) is 3.50. The normalized spacial score (nSPS) is 14.1. The Hall–Kier alpha value is -4.34. The van der Waals surface area contributed by atoms with E-state index in [-0.39, 0.29) is 41.7 Å². The molecule has 4 aromatic rings. The lowest BCUT2D eigenvalue weighted by atomic mass is 10.1. The van der Waals surface area contributed by atoms with E-state index in [9.17, 15) is 9.59 Å². The predicted molar refractivity (Wildman–Crippen MR) is 118 cm³/mol. The molecule has 0 bridgehead atoms. The third-order valence-electron chi connectivity index (χ3n) is 5.48. The zero-order chi connectivity index (χ0) is 22.8. The molecule has 5 rings (SSSR count). The molecule has 1 aliphatic rings. The van der Waals surface area contributed by atoms with Crippen LogP contribution in [0.3, 0.4) is 0 Å². The Labute approximate surface area is 189 Å². The molecule has 1 aliphatic heterocycles. The molecule has 0 fully saturated rings. The minimum absolute atomic E-state index is 0.0697. The van der Waals surface area contributed by atoms with Crippen LogP contribution in [0.4, 0.5) is 0 Å². The molecule has 0 spiro atoms. The number of aromatic nitrogens is 5. The van der Waals surface area contributed by atoms with Gasteiger partial charge in [0.2, 0.25) is 11.7 Å². The van der Waals surface area contributed by atoms with Gasteiger partial charge in [-0.05, 0) is 12.5 Å². The van der Waals surface area contributed by atoms with E-state index in [0.717, 1.165) is 11.1 Å². The number of carbonyl (C=O) groups excluding carboxylic acids is 2. The van der Waals surface area contributed by atoms with E-state index in [0.29, 0.717) is 18.9 Å². The van der Waals surface area contributed by atoms with Crippen LogP contribution >= 0.6 is 0 Å². The smallest absolute Gasteiger partial charge is 0.281 e. The number of nitrogens with one attached hydrogen (secondary N) is 1. The molecule has 10 nitrogen and oxygen atoms in total. The lowest BCUT2D eigenvalue weighted by Crippen LogP contribution is -2.46. The van der Waals surface area contributed by atoms with Crippen LogP contribution in [0.5, 0.6) is 0 Å². The van der Waals surface area contributed by atoms with Crippen molar-refractivity contribution in [2.24, 2.45) is 0 Å². The van der Waals surface area contributed by atoms with Gasteiger partial charge in [-0.1, -0.05) is 71.0 Å². The molecule has 0 radical (unpaired) electrons. The van der Waals surface area contributed by atoms with Crippen LogP contribution in [0.15, 0.2) is 65.2 Å². The zero-order valence-electron chi connectivity index (χ0n) is 17.9. The van der Waals surface area contributed by atoms with E-state index >= 15 is 0 Å². The van der Waals surface area contributed by atoms with Crippen molar-refractivity contribution in [2.75, 3.05) is 13.1 Å². The number of nitrogens with zero attached hydrogens (tertiary/aromatic N) is 6. The van der Waals surface area contributed by atoms with E-state index in [4.69, 9.17) is 4.52 Å². The molecule has 10 heteroatoms. The Kier molecular flexibility index (Phi) is 5.39. The fraction of sp³-hybridized carbons (Fsp3) is 0.217. The van der Waals surface area contributed by atoms with Crippen molar-refractivity contribution in [3.8, 4) is 23.0 Å². The van der Waals surface area contributed by atoms with Crippen LogP contribution in [-0.2, 0) is 11.3 Å². The molecule has 0 aliphatic carbocycles. The number of fused-ring (bicyclic) bond motifs is 1. The van der Waals surface area contributed by atoms with E-state index < -0.39 is 0 Å². The van der Waals surface area contributed by atoms with E-state index in [1.807, 2.05) is 67.6 Å². The van der Waals surface area contributed by atoms with Gasteiger partial charge in [-0.25, -0.2) is 4.68 Å². The molecule has 1 N–H and O–H groups in total. The van der Waals surface area contributed by atoms with Crippen molar-refractivity contribution >= 4 is 11.8 Å². The molecular weight excluding hydrogens is 422 g/mol. The van der Waals surface area contributed by atoms with E-state index in [1.165, 1.54) is 9.58 Å². The maximum Gasteiger partial charge on any atom is 0.281 e. The van der Waals surface area contributed by atoms with Gasteiger partial charge in [-0.15, -0.1) is 5.10 Å². The lowest BCUT2D eigenvalue weighted by molar-refractivity contribution is -0.122. The van der Waals surface area contributed by atoms with Crippen LogP contribution in [0, 0.1) is 0 Å². The molecule has 3 heterocycles. The fourth-order valence-corrected chi connectivity index (χ4v) is 3.75. The zero-order valence-corrected chi connectivity index (χ0v) is 17.9. The molecule has 166 valence electrons. The van der Waals surface area contributed by atoms with Gasteiger partial charge in [0.1, 0.15) is 0 Å². The van der Waals surface area contributed by atoms with Crippen molar-refractivity contribution in [3.05, 3.63) is 71.9 Å². The highest BCUT2D eigenvalue weighted by Gasteiger charge is 2.33. The van der Waals surface area contributed by atoms with Gasteiger partial charge >= 0.3 is 0 Å². The molecule has 2 aromatic carbocycles. The van der Waals surface area contributed by atoms with Crippen molar-refractivity contribution in [2.45, 2.75) is 19.5 Å². The number of hydrogen-bond donors (Lipinski definition) is 1. The van der Waals surface area contributed by atoms with E-state index in [2.05, 4.69) is 25.8 Å². The molecule has 2 amide bonds. The Morgan fingerprint density at radius 2 is 1.82 bits per heavy atom. The summed E-state index contributed by atoms with van der Waals surface area (Å²) in [5, 5.41) is 15.1. The highest BCUT2D eigenvalue weighted by molar-refractivity contribution is 5.99. The van der Waals surface area contributed by atoms with Gasteiger partial charge in [0.15, 0.2) is 11.4 Å². The van der Waals surface area contributed by atoms with Crippen molar-refractivity contribution in [1.82, 2.24) is 35.4 Å². The third kappa shape index (κ3) is 4.10. The van der Waals surface area contributed by atoms with Gasteiger partial charge in [-0.2, -0.15) is 4.98 Å². The largest absolute Gasteiger partial charge is 0.348 e. The second-order valence-electron chi connectivity index (χ2n) is 7.73.